The summed E-state index contributed by atoms with van der Waals surface area (Å²) in [5.74, 6) is -1.05. The molecule has 2 heterocycles. The molecule has 0 spiro atoms. The average Bonchev–Trinajstić information content (AvgIpc) is 3.14. The maximum Gasteiger partial charge on any atom is 0.328 e. The number of aliphatic carboxylic acids is 1. The molecule has 4 rings (SSSR count). The molecule has 30 heavy (non-hydrogen) atoms. The summed E-state index contributed by atoms with van der Waals surface area (Å²) >= 11 is 0. The second-order valence-corrected chi connectivity index (χ2v) is 6.99. The summed E-state index contributed by atoms with van der Waals surface area (Å²) < 4.78 is 1.68. The molecule has 1 aromatic heterocycles. The maximum absolute atomic E-state index is 12.9. The number of nitrogens with zero attached hydrogens (tertiary/aromatic N) is 3. The van der Waals surface area contributed by atoms with Crippen LogP contribution in [0.15, 0.2) is 65.5 Å². The molecule has 0 unspecified atom stereocenters. The van der Waals surface area contributed by atoms with Gasteiger partial charge in [0.1, 0.15) is 5.82 Å². The SMILES string of the molecule is CN(C(=O)/C=C\C(=O)O)c1ccc2c(=O)n3c(nc2c1)C(=Cc1ccccc1)CC3. The lowest BCUT2D eigenvalue weighted by Gasteiger charge is -2.16. The largest absolute Gasteiger partial charge is 0.478 e. The third-order valence-corrected chi connectivity index (χ3v) is 5.06. The number of likely N-dealkylation sites (N-methyl/N-ethyl adjacent to an activating group) is 1. The van der Waals surface area contributed by atoms with Crippen molar-refractivity contribution in [3.8, 4) is 0 Å². The van der Waals surface area contributed by atoms with Crippen molar-refractivity contribution in [2.75, 3.05) is 11.9 Å². The number of carboxylic acids is 1. The van der Waals surface area contributed by atoms with Gasteiger partial charge in [0.05, 0.1) is 10.9 Å². The van der Waals surface area contributed by atoms with Crippen molar-refractivity contribution < 1.29 is 14.7 Å². The van der Waals surface area contributed by atoms with E-state index in [-0.39, 0.29) is 5.56 Å². The highest BCUT2D eigenvalue weighted by Crippen LogP contribution is 2.28. The Morgan fingerprint density at radius 2 is 1.90 bits per heavy atom. The fraction of sp³-hybridized carbons (Fsp3) is 0.130. The highest BCUT2D eigenvalue weighted by molar-refractivity contribution is 6.04. The summed E-state index contributed by atoms with van der Waals surface area (Å²) in [4.78, 5) is 41.8. The van der Waals surface area contributed by atoms with E-state index in [1.54, 1.807) is 22.8 Å². The Morgan fingerprint density at radius 1 is 1.13 bits per heavy atom. The van der Waals surface area contributed by atoms with Gasteiger partial charge >= 0.3 is 5.97 Å². The molecule has 7 heteroatoms. The van der Waals surface area contributed by atoms with Gasteiger partial charge in [0, 0.05) is 31.4 Å². The number of carbonyl (C=O) groups is 2. The quantitative estimate of drug-likeness (QED) is 0.679. The van der Waals surface area contributed by atoms with E-state index in [9.17, 15) is 14.4 Å². The van der Waals surface area contributed by atoms with Crippen molar-refractivity contribution in [1.29, 1.82) is 0 Å². The molecule has 1 aliphatic heterocycles. The second-order valence-electron chi connectivity index (χ2n) is 6.99. The van der Waals surface area contributed by atoms with Crippen molar-refractivity contribution in [2.45, 2.75) is 13.0 Å². The minimum absolute atomic E-state index is 0.113. The highest BCUT2D eigenvalue weighted by atomic mass is 16.4. The number of fused-ring (bicyclic) bond motifs is 2. The molecule has 0 aliphatic carbocycles. The lowest BCUT2D eigenvalue weighted by Crippen LogP contribution is -2.25. The topological polar surface area (TPSA) is 92.5 Å². The van der Waals surface area contributed by atoms with E-state index in [2.05, 4.69) is 0 Å². The molecule has 7 nitrogen and oxygen atoms in total. The first-order chi connectivity index (χ1) is 14.4. The van der Waals surface area contributed by atoms with Gasteiger partial charge in [-0.2, -0.15) is 0 Å². The van der Waals surface area contributed by atoms with Gasteiger partial charge in [-0.3, -0.25) is 14.2 Å². The number of anilines is 1. The number of rotatable bonds is 4. The molecule has 1 aliphatic rings. The van der Waals surface area contributed by atoms with Crippen molar-refractivity contribution in [3.63, 3.8) is 0 Å². The van der Waals surface area contributed by atoms with Crippen LogP contribution in [0.3, 0.4) is 0 Å². The van der Waals surface area contributed by atoms with Gasteiger partial charge < -0.3 is 10.0 Å². The third-order valence-electron chi connectivity index (χ3n) is 5.06. The number of hydrogen-bond donors (Lipinski definition) is 1. The first-order valence-corrected chi connectivity index (χ1v) is 9.43. The predicted octanol–water partition coefficient (Wildman–Crippen LogP) is 2.94. The number of allylic oxidation sites excluding steroid dienone is 1. The van der Waals surface area contributed by atoms with Crippen LogP contribution in [-0.2, 0) is 16.1 Å². The molecule has 1 amide bonds. The molecule has 0 saturated heterocycles. The monoisotopic (exact) mass is 401 g/mol. The summed E-state index contributed by atoms with van der Waals surface area (Å²) in [6, 6.07) is 14.8. The molecule has 150 valence electrons. The Labute approximate surface area is 172 Å². The van der Waals surface area contributed by atoms with Crippen LogP contribution in [0.2, 0.25) is 0 Å². The van der Waals surface area contributed by atoms with Gasteiger partial charge in [0.25, 0.3) is 11.5 Å². The minimum atomic E-state index is -1.20. The summed E-state index contributed by atoms with van der Waals surface area (Å²) in [5, 5.41) is 9.17. The van der Waals surface area contributed by atoms with Gasteiger partial charge in [-0.15, -0.1) is 0 Å². The van der Waals surface area contributed by atoms with E-state index < -0.39 is 11.9 Å². The van der Waals surface area contributed by atoms with E-state index in [4.69, 9.17) is 10.1 Å². The summed E-state index contributed by atoms with van der Waals surface area (Å²) in [6.45, 7) is 0.579. The van der Waals surface area contributed by atoms with Crippen LogP contribution in [0.25, 0.3) is 22.6 Å². The smallest absolute Gasteiger partial charge is 0.328 e. The molecule has 2 aromatic carbocycles. The molecular formula is C23H19N3O4. The zero-order valence-electron chi connectivity index (χ0n) is 16.3. The van der Waals surface area contributed by atoms with Crippen LogP contribution < -0.4 is 10.5 Å². The van der Waals surface area contributed by atoms with E-state index in [1.165, 1.54) is 11.9 Å². The van der Waals surface area contributed by atoms with Crippen LogP contribution in [0.5, 0.6) is 0 Å². The Balaban J connectivity index is 1.76. The number of carboxylic acid groups (broad SMARTS) is 1. The molecule has 0 radical (unpaired) electrons. The molecule has 0 fully saturated rings. The van der Waals surface area contributed by atoms with Crippen LogP contribution >= 0.6 is 0 Å². The number of amides is 1. The standard InChI is InChI=1S/C23H19N3O4/c1-25(20(27)9-10-21(28)29)17-7-8-18-19(14-17)24-22-16(11-12-26(22)23(18)30)13-15-5-3-2-4-6-15/h2-10,13-14H,11-12H2,1H3,(H,28,29)/b10-9-,16-13?. The zero-order valence-corrected chi connectivity index (χ0v) is 16.3. The maximum atomic E-state index is 12.9. The Kier molecular flexibility index (Phi) is 5.02. The zero-order chi connectivity index (χ0) is 21.3. The van der Waals surface area contributed by atoms with Crippen molar-refractivity contribution in [2.24, 2.45) is 0 Å². The Bertz CT molecular complexity index is 1270. The van der Waals surface area contributed by atoms with E-state index in [0.717, 1.165) is 29.7 Å². The first-order valence-electron chi connectivity index (χ1n) is 9.43. The van der Waals surface area contributed by atoms with Gasteiger partial charge in [-0.05, 0) is 41.8 Å². The fourth-order valence-corrected chi connectivity index (χ4v) is 3.48. The lowest BCUT2D eigenvalue weighted by molar-refractivity contribution is -0.131. The van der Waals surface area contributed by atoms with Crippen LogP contribution in [0.4, 0.5) is 5.69 Å². The Morgan fingerprint density at radius 3 is 2.63 bits per heavy atom. The normalized spacial score (nSPS) is 14.4. The van der Waals surface area contributed by atoms with E-state index in [0.29, 0.717) is 29.0 Å². The number of aromatic nitrogens is 2. The summed E-state index contributed by atoms with van der Waals surface area (Å²) in [7, 11) is 1.54. The minimum Gasteiger partial charge on any atom is -0.478 e. The molecule has 3 aromatic rings. The van der Waals surface area contributed by atoms with Crippen LogP contribution in [-0.4, -0.2) is 33.6 Å². The van der Waals surface area contributed by atoms with Crippen molar-refractivity contribution in [3.05, 3.63) is 82.4 Å². The molecule has 0 saturated carbocycles. The van der Waals surface area contributed by atoms with Gasteiger partial charge in [-0.25, -0.2) is 9.78 Å². The molecular weight excluding hydrogens is 382 g/mol. The van der Waals surface area contributed by atoms with Gasteiger partial charge in [0.2, 0.25) is 0 Å². The second kappa shape index (κ2) is 7.79. The van der Waals surface area contributed by atoms with E-state index in [1.807, 2.05) is 36.4 Å². The molecule has 1 N–H and O–H groups in total. The predicted molar refractivity (Wildman–Crippen MR) is 115 cm³/mol. The summed E-state index contributed by atoms with van der Waals surface area (Å²) in [6.07, 6.45) is 4.53. The molecule has 0 bridgehead atoms. The number of benzene rings is 2. The first kappa shape index (κ1) is 19.3. The average molecular weight is 401 g/mol. The van der Waals surface area contributed by atoms with Crippen LogP contribution in [0.1, 0.15) is 17.8 Å². The Hall–Kier alpha value is -4.00. The highest BCUT2D eigenvalue weighted by Gasteiger charge is 2.21. The third kappa shape index (κ3) is 3.65. The lowest BCUT2D eigenvalue weighted by atomic mass is 10.1. The number of hydrogen-bond acceptors (Lipinski definition) is 4. The van der Waals surface area contributed by atoms with Gasteiger partial charge in [0.15, 0.2) is 0 Å². The van der Waals surface area contributed by atoms with E-state index >= 15 is 0 Å². The van der Waals surface area contributed by atoms with Crippen LogP contribution in [0, 0.1) is 0 Å². The molecule has 0 atom stereocenters. The van der Waals surface area contributed by atoms with Gasteiger partial charge in [-0.1, -0.05) is 30.3 Å². The van der Waals surface area contributed by atoms with Crippen molar-refractivity contribution in [1.82, 2.24) is 9.55 Å². The number of carbonyl (C=O) groups excluding carboxylic acids is 1. The van der Waals surface area contributed by atoms with Crippen molar-refractivity contribution >= 4 is 40.1 Å². The fourth-order valence-electron chi connectivity index (χ4n) is 3.48. The summed E-state index contributed by atoms with van der Waals surface area (Å²) in [5.41, 5.74) is 2.93.